The molecule has 0 aliphatic carbocycles. The molecule has 4 heterocycles. The Labute approximate surface area is 215 Å². The lowest BCUT2D eigenvalue weighted by Gasteiger charge is -2.26. The zero-order valence-electron chi connectivity index (χ0n) is 19.9. The van der Waals surface area contributed by atoms with Crippen LogP contribution in [0.25, 0.3) is 16.9 Å². The average Bonchev–Trinajstić information content (AvgIpc) is 3.30. The number of aromatic nitrogens is 2. The van der Waals surface area contributed by atoms with Crippen LogP contribution in [0.3, 0.4) is 0 Å². The lowest BCUT2D eigenvalue weighted by molar-refractivity contribution is 0.0298. The van der Waals surface area contributed by atoms with Crippen molar-refractivity contribution >= 4 is 27.5 Å². The molecule has 2 aromatic carbocycles. The van der Waals surface area contributed by atoms with Gasteiger partial charge in [0.15, 0.2) is 15.5 Å². The van der Waals surface area contributed by atoms with E-state index in [0.717, 1.165) is 28.1 Å². The summed E-state index contributed by atoms with van der Waals surface area (Å²) in [5, 5.41) is 4.92. The highest BCUT2D eigenvalue weighted by molar-refractivity contribution is 7.98. The van der Waals surface area contributed by atoms with Crippen LogP contribution in [0.15, 0.2) is 53.4 Å². The predicted octanol–water partition coefficient (Wildman–Crippen LogP) is 2.85. The van der Waals surface area contributed by atoms with Gasteiger partial charge in [0.2, 0.25) is 0 Å². The number of sulfone groups is 1. The number of benzene rings is 2. The van der Waals surface area contributed by atoms with E-state index < -0.39 is 9.84 Å². The van der Waals surface area contributed by atoms with Crippen molar-refractivity contribution in [2.45, 2.75) is 17.2 Å². The van der Waals surface area contributed by atoms with Crippen molar-refractivity contribution in [3.8, 4) is 16.9 Å². The van der Waals surface area contributed by atoms with E-state index in [9.17, 15) is 13.2 Å². The quantitative estimate of drug-likeness (QED) is 0.519. The Hall–Kier alpha value is -2.66. The first-order valence-corrected chi connectivity index (χ1v) is 15.0. The molecule has 0 atom stereocenters. The van der Waals surface area contributed by atoms with Crippen molar-refractivity contribution in [3.63, 3.8) is 0 Å². The molecule has 0 unspecified atom stereocenters. The van der Waals surface area contributed by atoms with Crippen LogP contribution in [0.2, 0.25) is 0 Å². The van der Waals surface area contributed by atoms with Crippen molar-refractivity contribution in [1.29, 1.82) is 0 Å². The van der Waals surface area contributed by atoms with Gasteiger partial charge in [0.05, 0.1) is 36.1 Å². The molecule has 1 aromatic heterocycles. The van der Waals surface area contributed by atoms with Gasteiger partial charge < -0.3 is 9.64 Å². The molecule has 188 valence electrons. The second-order valence-electron chi connectivity index (χ2n) is 9.37. The molecule has 0 bridgehead atoms. The van der Waals surface area contributed by atoms with E-state index in [1.54, 1.807) is 11.8 Å². The zero-order chi connectivity index (χ0) is 24.7. The van der Waals surface area contributed by atoms with Crippen LogP contribution >= 0.6 is 11.8 Å². The fourth-order valence-electron chi connectivity index (χ4n) is 5.03. The summed E-state index contributed by atoms with van der Waals surface area (Å²) in [6.07, 6.45) is 0. The highest BCUT2D eigenvalue weighted by Gasteiger charge is 2.32. The third-order valence-electron chi connectivity index (χ3n) is 7.00. The van der Waals surface area contributed by atoms with Crippen molar-refractivity contribution in [1.82, 2.24) is 19.6 Å². The maximum absolute atomic E-state index is 13.5. The summed E-state index contributed by atoms with van der Waals surface area (Å²) in [5.41, 5.74) is 5.54. The molecule has 3 aliphatic heterocycles. The van der Waals surface area contributed by atoms with Crippen molar-refractivity contribution < 1.29 is 17.9 Å². The van der Waals surface area contributed by atoms with Gasteiger partial charge in [-0.25, -0.2) is 13.1 Å². The third-order valence-corrected chi connectivity index (χ3v) is 9.71. The monoisotopic (exact) mass is 524 g/mol. The van der Waals surface area contributed by atoms with Gasteiger partial charge in [0, 0.05) is 54.5 Å². The van der Waals surface area contributed by atoms with E-state index in [1.807, 2.05) is 33.8 Å². The third kappa shape index (κ3) is 4.58. The Morgan fingerprint density at radius 3 is 2.58 bits per heavy atom. The van der Waals surface area contributed by atoms with Gasteiger partial charge in [0.25, 0.3) is 5.91 Å². The molecule has 0 saturated carbocycles. The number of hydrogen-bond donors (Lipinski definition) is 0. The van der Waals surface area contributed by atoms with Crippen molar-refractivity contribution in [2.75, 3.05) is 50.9 Å². The van der Waals surface area contributed by atoms with E-state index in [2.05, 4.69) is 29.2 Å². The number of hydrogen-bond acceptors (Lipinski definition) is 7. The largest absolute Gasteiger partial charge is 0.378 e. The zero-order valence-corrected chi connectivity index (χ0v) is 21.6. The number of rotatable bonds is 4. The molecule has 10 heteroatoms. The first-order chi connectivity index (χ1) is 17.5. The number of amides is 1. The maximum atomic E-state index is 13.5. The number of carbonyl (C=O) groups is 1. The SMILES string of the molecule is O=C(c1nn(-c2cccc(CN3CCS(=O)(=O)CC3)c2)c2c1CSc1ccccc1-2)N1CCOCC1. The first-order valence-electron chi connectivity index (χ1n) is 12.2. The minimum atomic E-state index is -2.91. The highest BCUT2D eigenvalue weighted by Crippen LogP contribution is 2.43. The fourth-order valence-corrected chi connectivity index (χ4v) is 7.37. The van der Waals surface area contributed by atoms with E-state index >= 15 is 0 Å². The van der Waals surface area contributed by atoms with Crippen LogP contribution in [0, 0.1) is 0 Å². The smallest absolute Gasteiger partial charge is 0.274 e. The maximum Gasteiger partial charge on any atom is 0.274 e. The number of fused-ring (bicyclic) bond motifs is 3. The van der Waals surface area contributed by atoms with E-state index in [-0.39, 0.29) is 17.4 Å². The number of thioether (sulfide) groups is 1. The predicted molar refractivity (Wildman–Crippen MR) is 139 cm³/mol. The molecule has 0 N–H and O–H groups in total. The minimum Gasteiger partial charge on any atom is -0.378 e. The summed E-state index contributed by atoms with van der Waals surface area (Å²) in [7, 11) is -2.91. The normalized spacial score (nSPS) is 19.5. The van der Waals surface area contributed by atoms with Crippen LogP contribution in [0.1, 0.15) is 21.6 Å². The second kappa shape index (κ2) is 9.66. The van der Waals surface area contributed by atoms with Crippen LogP contribution in [-0.2, 0) is 26.9 Å². The lowest BCUT2D eigenvalue weighted by atomic mass is 10.0. The first kappa shape index (κ1) is 23.7. The molecular formula is C26H28N4O4S2. The highest BCUT2D eigenvalue weighted by atomic mass is 32.2. The Bertz CT molecular complexity index is 1400. The average molecular weight is 525 g/mol. The topological polar surface area (TPSA) is 84.7 Å². The number of ether oxygens (including phenoxy) is 1. The van der Waals surface area contributed by atoms with Crippen LogP contribution in [-0.4, -0.2) is 84.8 Å². The molecule has 3 aromatic rings. The molecule has 3 aliphatic rings. The van der Waals surface area contributed by atoms with Gasteiger partial charge >= 0.3 is 0 Å². The summed E-state index contributed by atoms with van der Waals surface area (Å²) in [6, 6.07) is 16.5. The summed E-state index contributed by atoms with van der Waals surface area (Å²) < 4.78 is 31.0. The molecule has 2 saturated heterocycles. The molecular weight excluding hydrogens is 496 g/mol. The molecule has 36 heavy (non-hydrogen) atoms. The molecule has 0 spiro atoms. The molecule has 8 nitrogen and oxygen atoms in total. The summed E-state index contributed by atoms with van der Waals surface area (Å²) in [5.74, 6) is 1.07. The van der Waals surface area contributed by atoms with Crippen molar-refractivity contribution in [2.24, 2.45) is 0 Å². The van der Waals surface area contributed by atoms with Crippen LogP contribution in [0.4, 0.5) is 0 Å². The second-order valence-corrected chi connectivity index (χ2v) is 12.7. The summed E-state index contributed by atoms with van der Waals surface area (Å²) in [6.45, 7) is 4.02. The Morgan fingerprint density at radius 2 is 1.78 bits per heavy atom. The Morgan fingerprint density at radius 1 is 1.00 bits per heavy atom. The molecule has 6 rings (SSSR count). The van der Waals surface area contributed by atoms with E-state index in [0.29, 0.717) is 57.4 Å². The lowest BCUT2D eigenvalue weighted by Crippen LogP contribution is -2.41. The van der Waals surface area contributed by atoms with Gasteiger partial charge in [-0.05, 0) is 23.8 Å². The van der Waals surface area contributed by atoms with Gasteiger partial charge in [-0.2, -0.15) is 5.10 Å². The molecule has 2 fully saturated rings. The summed E-state index contributed by atoms with van der Waals surface area (Å²) >= 11 is 1.74. The fraction of sp³-hybridized carbons (Fsp3) is 0.385. The molecule has 0 radical (unpaired) electrons. The standard InChI is InChI=1S/C26H28N4O4S2/c31-26(29-8-12-34-13-9-29)24-22-18-35-23-7-2-1-6-21(23)25(22)30(27-24)20-5-3-4-19(16-20)17-28-10-14-36(32,33)15-11-28/h1-7,16H,8-15,17-18H2. The number of carbonyl (C=O) groups excluding carboxylic acids is 1. The molecule has 1 amide bonds. The van der Waals surface area contributed by atoms with Crippen molar-refractivity contribution in [3.05, 3.63) is 65.4 Å². The van der Waals surface area contributed by atoms with Gasteiger partial charge in [0.1, 0.15) is 0 Å². The minimum absolute atomic E-state index is 0.0426. The van der Waals surface area contributed by atoms with Gasteiger partial charge in [-0.15, -0.1) is 11.8 Å². The van der Waals surface area contributed by atoms with Crippen LogP contribution in [0.5, 0.6) is 0 Å². The Kier molecular flexibility index (Phi) is 6.37. The van der Waals surface area contributed by atoms with Gasteiger partial charge in [-0.1, -0.05) is 30.3 Å². The Balaban J connectivity index is 1.38. The summed E-state index contributed by atoms with van der Waals surface area (Å²) in [4.78, 5) is 18.7. The van der Waals surface area contributed by atoms with E-state index in [1.165, 1.54) is 4.90 Å². The van der Waals surface area contributed by atoms with Gasteiger partial charge in [-0.3, -0.25) is 9.69 Å². The van der Waals surface area contributed by atoms with E-state index in [4.69, 9.17) is 9.84 Å². The number of nitrogens with zero attached hydrogens (tertiary/aromatic N) is 4. The number of morpholine rings is 1. The van der Waals surface area contributed by atoms with Crippen LogP contribution < -0.4 is 0 Å².